The molecule has 0 saturated heterocycles. The van der Waals surface area contributed by atoms with E-state index in [1.54, 1.807) is 0 Å². The van der Waals surface area contributed by atoms with Crippen LogP contribution in [-0.2, 0) is 6.42 Å². The lowest BCUT2D eigenvalue weighted by atomic mass is 10.1. The molecule has 1 aliphatic carbocycles. The number of rotatable bonds is 2. The van der Waals surface area contributed by atoms with Crippen LogP contribution in [0.2, 0.25) is 0 Å². The SMILES string of the molecule is Cc1ccc2c(c1)C(=Nc1nc(N)nc(C(C)F)n1)CC2. The molecular weight excluding hydrogens is 269 g/mol. The minimum atomic E-state index is -1.30. The van der Waals surface area contributed by atoms with Crippen LogP contribution in [-0.4, -0.2) is 20.7 Å². The van der Waals surface area contributed by atoms with Gasteiger partial charge in [0, 0.05) is 0 Å². The molecule has 1 aromatic heterocycles. The predicted octanol–water partition coefficient (Wildman–Crippen LogP) is 2.86. The summed E-state index contributed by atoms with van der Waals surface area (Å²) in [5, 5.41) is 0. The van der Waals surface area contributed by atoms with Crippen LogP contribution in [0.15, 0.2) is 23.2 Å². The van der Waals surface area contributed by atoms with Gasteiger partial charge in [-0.1, -0.05) is 17.7 Å². The highest BCUT2D eigenvalue weighted by Gasteiger charge is 2.19. The summed E-state index contributed by atoms with van der Waals surface area (Å²) in [6.07, 6.45) is 0.471. The van der Waals surface area contributed by atoms with Gasteiger partial charge in [0.2, 0.25) is 5.95 Å². The van der Waals surface area contributed by atoms with Gasteiger partial charge in [0.25, 0.3) is 5.95 Å². The molecule has 108 valence electrons. The Labute approximate surface area is 122 Å². The first kappa shape index (κ1) is 13.6. The van der Waals surface area contributed by atoms with E-state index in [1.807, 2.05) is 6.92 Å². The maximum absolute atomic E-state index is 13.3. The molecule has 21 heavy (non-hydrogen) atoms. The topological polar surface area (TPSA) is 77.0 Å². The molecule has 1 aromatic carbocycles. The van der Waals surface area contributed by atoms with E-state index in [9.17, 15) is 4.39 Å². The summed E-state index contributed by atoms with van der Waals surface area (Å²) in [5.41, 5.74) is 10.1. The lowest BCUT2D eigenvalue weighted by molar-refractivity contribution is 0.356. The molecule has 2 N–H and O–H groups in total. The Bertz CT molecular complexity index is 724. The lowest BCUT2D eigenvalue weighted by Crippen LogP contribution is -2.04. The molecule has 0 spiro atoms. The van der Waals surface area contributed by atoms with E-state index in [4.69, 9.17) is 5.73 Å². The van der Waals surface area contributed by atoms with E-state index in [2.05, 4.69) is 38.1 Å². The molecule has 0 aliphatic heterocycles. The van der Waals surface area contributed by atoms with Gasteiger partial charge < -0.3 is 5.73 Å². The van der Waals surface area contributed by atoms with Gasteiger partial charge in [-0.15, -0.1) is 0 Å². The molecule has 1 aliphatic rings. The molecule has 0 bridgehead atoms. The average molecular weight is 285 g/mol. The van der Waals surface area contributed by atoms with E-state index in [0.29, 0.717) is 0 Å². The van der Waals surface area contributed by atoms with Gasteiger partial charge in [0.05, 0.1) is 5.71 Å². The smallest absolute Gasteiger partial charge is 0.254 e. The molecule has 6 heteroatoms. The molecule has 3 rings (SSSR count). The Morgan fingerprint density at radius 2 is 2.05 bits per heavy atom. The van der Waals surface area contributed by atoms with Crippen LogP contribution in [0.1, 0.15) is 42.0 Å². The summed E-state index contributed by atoms with van der Waals surface area (Å²) in [5.74, 6) is 0.182. The monoisotopic (exact) mass is 285 g/mol. The van der Waals surface area contributed by atoms with E-state index in [1.165, 1.54) is 18.1 Å². The fourth-order valence-electron chi connectivity index (χ4n) is 2.43. The van der Waals surface area contributed by atoms with Crippen molar-refractivity contribution < 1.29 is 4.39 Å². The third kappa shape index (κ3) is 2.74. The van der Waals surface area contributed by atoms with Crippen molar-refractivity contribution in [2.24, 2.45) is 4.99 Å². The third-order valence-corrected chi connectivity index (χ3v) is 3.46. The predicted molar refractivity (Wildman–Crippen MR) is 79.5 cm³/mol. The van der Waals surface area contributed by atoms with Gasteiger partial charge in [-0.3, -0.25) is 0 Å². The van der Waals surface area contributed by atoms with Crippen LogP contribution in [0, 0.1) is 6.92 Å². The summed E-state index contributed by atoms with van der Waals surface area (Å²) in [6.45, 7) is 3.40. The number of nitrogens with two attached hydrogens (primary N) is 1. The zero-order valence-corrected chi connectivity index (χ0v) is 12.0. The highest BCUT2D eigenvalue weighted by molar-refractivity contribution is 6.05. The number of aromatic nitrogens is 3. The van der Waals surface area contributed by atoms with Crippen LogP contribution in [0.5, 0.6) is 0 Å². The quantitative estimate of drug-likeness (QED) is 0.920. The lowest BCUT2D eigenvalue weighted by Gasteiger charge is -2.04. The van der Waals surface area contributed by atoms with Gasteiger partial charge in [-0.25, -0.2) is 9.38 Å². The van der Waals surface area contributed by atoms with Gasteiger partial charge in [-0.2, -0.15) is 15.0 Å². The molecule has 1 unspecified atom stereocenters. The first-order chi connectivity index (χ1) is 10.0. The standard InChI is InChI=1S/C15H16FN5/c1-8-3-4-10-5-6-12(11(10)7-8)18-15-20-13(9(2)16)19-14(17)21-15/h3-4,7,9H,5-6H2,1-2H3,(H2,17,19,20,21). The molecule has 0 amide bonds. The van der Waals surface area contributed by atoms with Crippen LogP contribution in [0.4, 0.5) is 16.3 Å². The summed E-state index contributed by atoms with van der Waals surface area (Å²) in [6, 6.07) is 6.31. The first-order valence-electron chi connectivity index (χ1n) is 6.86. The maximum atomic E-state index is 13.3. The fraction of sp³-hybridized carbons (Fsp3) is 0.333. The van der Waals surface area contributed by atoms with Crippen molar-refractivity contribution >= 4 is 17.6 Å². The highest BCUT2D eigenvalue weighted by Crippen LogP contribution is 2.25. The van der Waals surface area contributed by atoms with Crippen molar-refractivity contribution in [3.05, 3.63) is 40.7 Å². The Hall–Kier alpha value is -2.37. The van der Waals surface area contributed by atoms with Crippen LogP contribution in [0.25, 0.3) is 0 Å². The van der Waals surface area contributed by atoms with Gasteiger partial charge in [0.1, 0.15) is 0 Å². The first-order valence-corrected chi connectivity index (χ1v) is 6.86. The minimum absolute atomic E-state index is 0.00804. The minimum Gasteiger partial charge on any atom is -0.368 e. The van der Waals surface area contributed by atoms with E-state index in [0.717, 1.165) is 24.1 Å². The number of anilines is 1. The Balaban J connectivity index is 2.03. The molecule has 2 aromatic rings. The Kier molecular flexibility index (Phi) is 3.37. The number of nitrogen functional groups attached to an aromatic ring is 1. The van der Waals surface area contributed by atoms with Gasteiger partial charge >= 0.3 is 0 Å². The molecule has 1 heterocycles. The summed E-state index contributed by atoms with van der Waals surface area (Å²) < 4.78 is 13.3. The Morgan fingerprint density at radius 3 is 2.81 bits per heavy atom. The van der Waals surface area contributed by atoms with Crippen molar-refractivity contribution in [1.29, 1.82) is 0 Å². The zero-order chi connectivity index (χ0) is 15.0. The number of fused-ring (bicyclic) bond motifs is 1. The molecule has 0 saturated carbocycles. The highest BCUT2D eigenvalue weighted by atomic mass is 19.1. The third-order valence-electron chi connectivity index (χ3n) is 3.46. The molecular formula is C15H16FN5. The van der Waals surface area contributed by atoms with E-state index >= 15 is 0 Å². The van der Waals surface area contributed by atoms with Crippen molar-refractivity contribution in [2.75, 3.05) is 5.73 Å². The van der Waals surface area contributed by atoms with Gasteiger partial charge in [-0.05, 0) is 43.9 Å². The number of nitrogens with zero attached hydrogens (tertiary/aromatic N) is 4. The summed E-state index contributed by atoms with van der Waals surface area (Å²) in [7, 11) is 0. The number of aryl methyl sites for hydroxylation is 2. The second-order valence-corrected chi connectivity index (χ2v) is 5.19. The van der Waals surface area contributed by atoms with Crippen LogP contribution >= 0.6 is 0 Å². The van der Waals surface area contributed by atoms with E-state index < -0.39 is 6.17 Å². The van der Waals surface area contributed by atoms with Crippen molar-refractivity contribution in [3.63, 3.8) is 0 Å². The Morgan fingerprint density at radius 1 is 1.24 bits per heavy atom. The molecule has 1 atom stereocenters. The molecule has 5 nitrogen and oxygen atoms in total. The van der Waals surface area contributed by atoms with Crippen molar-refractivity contribution in [1.82, 2.24) is 15.0 Å². The van der Waals surface area contributed by atoms with E-state index in [-0.39, 0.29) is 17.7 Å². The molecule has 0 fully saturated rings. The number of hydrogen-bond acceptors (Lipinski definition) is 5. The number of hydrogen-bond donors (Lipinski definition) is 1. The van der Waals surface area contributed by atoms with Gasteiger partial charge in [0.15, 0.2) is 12.0 Å². The van der Waals surface area contributed by atoms with Crippen molar-refractivity contribution in [2.45, 2.75) is 32.9 Å². The fourth-order valence-corrected chi connectivity index (χ4v) is 2.43. The number of aliphatic imine (C=N–C) groups is 1. The van der Waals surface area contributed by atoms with Crippen LogP contribution in [0.3, 0.4) is 0 Å². The average Bonchev–Trinajstić information content (AvgIpc) is 2.80. The summed E-state index contributed by atoms with van der Waals surface area (Å²) >= 11 is 0. The van der Waals surface area contributed by atoms with Crippen molar-refractivity contribution in [3.8, 4) is 0 Å². The normalized spacial score (nSPS) is 17.0. The maximum Gasteiger partial charge on any atom is 0.254 e. The largest absolute Gasteiger partial charge is 0.368 e. The number of alkyl halides is 1. The zero-order valence-electron chi connectivity index (χ0n) is 12.0. The molecule has 0 radical (unpaired) electrons. The second-order valence-electron chi connectivity index (χ2n) is 5.19. The summed E-state index contributed by atoms with van der Waals surface area (Å²) in [4.78, 5) is 16.2. The second kappa shape index (κ2) is 5.20. The number of benzene rings is 1. The van der Waals surface area contributed by atoms with Crippen LogP contribution < -0.4 is 5.73 Å². The number of halogens is 1.